The molecule has 1 heterocycles. The largest absolute Gasteiger partial charge is 0.493 e. The number of nitrogens with zero attached hydrogens (tertiary/aromatic N) is 1. The van der Waals surface area contributed by atoms with Gasteiger partial charge < -0.3 is 20.7 Å². The molecule has 0 radical (unpaired) electrons. The van der Waals surface area contributed by atoms with Gasteiger partial charge in [-0.25, -0.2) is 0 Å². The van der Waals surface area contributed by atoms with Crippen LogP contribution < -0.4 is 20.7 Å². The maximum absolute atomic E-state index is 11.7. The van der Waals surface area contributed by atoms with Gasteiger partial charge in [0.2, 0.25) is 5.91 Å². The number of para-hydroxylation sites is 1. The lowest BCUT2D eigenvalue weighted by atomic mass is 10.0. The SMILES string of the molecule is CN=C(NCC(=O)NC(C)C)NC1CCOc2ccccc21. The van der Waals surface area contributed by atoms with Gasteiger partial charge in [0.1, 0.15) is 5.75 Å². The summed E-state index contributed by atoms with van der Waals surface area (Å²) in [6, 6.07) is 8.23. The third kappa shape index (κ3) is 4.38. The quantitative estimate of drug-likeness (QED) is 0.577. The van der Waals surface area contributed by atoms with Crippen LogP contribution in [0.25, 0.3) is 0 Å². The Morgan fingerprint density at radius 3 is 2.91 bits per heavy atom. The molecule has 0 aromatic heterocycles. The molecule has 1 amide bonds. The van der Waals surface area contributed by atoms with Gasteiger partial charge in [-0.15, -0.1) is 0 Å². The van der Waals surface area contributed by atoms with Crippen LogP contribution in [-0.4, -0.2) is 38.1 Å². The molecule has 0 aliphatic carbocycles. The zero-order chi connectivity index (χ0) is 15.9. The Hall–Kier alpha value is -2.24. The summed E-state index contributed by atoms with van der Waals surface area (Å²) in [4.78, 5) is 15.9. The summed E-state index contributed by atoms with van der Waals surface area (Å²) in [5, 5.41) is 9.23. The molecule has 1 aliphatic rings. The minimum atomic E-state index is -0.0506. The third-order valence-electron chi connectivity index (χ3n) is 3.36. The number of hydrogen-bond donors (Lipinski definition) is 3. The van der Waals surface area contributed by atoms with Gasteiger partial charge in [-0.2, -0.15) is 0 Å². The molecular weight excluding hydrogens is 280 g/mol. The number of fused-ring (bicyclic) bond motifs is 1. The number of benzene rings is 1. The molecule has 1 atom stereocenters. The van der Waals surface area contributed by atoms with Gasteiger partial charge in [0.15, 0.2) is 5.96 Å². The highest BCUT2D eigenvalue weighted by Gasteiger charge is 2.21. The first-order chi connectivity index (χ1) is 10.6. The van der Waals surface area contributed by atoms with Crippen molar-refractivity contribution in [3.05, 3.63) is 29.8 Å². The molecule has 0 saturated carbocycles. The van der Waals surface area contributed by atoms with Crippen molar-refractivity contribution in [3.8, 4) is 5.75 Å². The van der Waals surface area contributed by atoms with Gasteiger partial charge in [0, 0.05) is 25.1 Å². The van der Waals surface area contributed by atoms with Gasteiger partial charge in [-0.3, -0.25) is 9.79 Å². The summed E-state index contributed by atoms with van der Waals surface area (Å²) >= 11 is 0. The zero-order valence-electron chi connectivity index (χ0n) is 13.3. The summed E-state index contributed by atoms with van der Waals surface area (Å²) in [6.45, 7) is 4.73. The van der Waals surface area contributed by atoms with E-state index in [1.165, 1.54) is 0 Å². The van der Waals surface area contributed by atoms with E-state index in [4.69, 9.17) is 4.74 Å². The van der Waals surface area contributed by atoms with Crippen LogP contribution in [0.1, 0.15) is 31.9 Å². The number of amides is 1. The van der Waals surface area contributed by atoms with E-state index in [0.29, 0.717) is 12.6 Å². The maximum atomic E-state index is 11.7. The number of rotatable bonds is 4. The van der Waals surface area contributed by atoms with Crippen LogP contribution >= 0.6 is 0 Å². The van der Waals surface area contributed by atoms with E-state index in [1.807, 2.05) is 38.1 Å². The molecule has 22 heavy (non-hydrogen) atoms. The average molecular weight is 304 g/mol. The Balaban J connectivity index is 1.93. The fourth-order valence-corrected chi connectivity index (χ4v) is 2.39. The summed E-state index contributed by atoms with van der Waals surface area (Å²) in [6.07, 6.45) is 0.857. The molecule has 0 bridgehead atoms. The Kier molecular flexibility index (Phi) is 5.63. The van der Waals surface area contributed by atoms with Crippen molar-refractivity contribution in [1.29, 1.82) is 0 Å². The van der Waals surface area contributed by atoms with Gasteiger partial charge in [-0.05, 0) is 19.9 Å². The normalized spacial score (nSPS) is 17.5. The number of guanidine groups is 1. The number of aliphatic imine (C=N–C) groups is 1. The Bertz CT molecular complexity index is 543. The molecule has 1 unspecified atom stereocenters. The fraction of sp³-hybridized carbons (Fsp3) is 0.500. The molecule has 6 heteroatoms. The van der Waals surface area contributed by atoms with Crippen molar-refractivity contribution < 1.29 is 9.53 Å². The van der Waals surface area contributed by atoms with Crippen LogP contribution in [0.5, 0.6) is 5.75 Å². The van der Waals surface area contributed by atoms with E-state index in [0.717, 1.165) is 17.7 Å². The highest BCUT2D eigenvalue weighted by atomic mass is 16.5. The zero-order valence-corrected chi connectivity index (χ0v) is 13.3. The van der Waals surface area contributed by atoms with Gasteiger partial charge in [-0.1, -0.05) is 18.2 Å². The second-order valence-electron chi connectivity index (χ2n) is 5.52. The maximum Gasteiger partial charge on any atom is 0.239 e. The predicted octanol–water partition coefficient (Wildman–Crippen LogP) is 1.20. The molecule has 1 aromatic carbocycles. The van der Waals surface area contributed by atoms with Crippen molar-refractivity contribution in [2.24, 2.45) is 4.99 Å². The molecule has 1 aromatic rings. The molecule has 3 N–H and O–H groups in total. The first-order valence-electron chi connectivity index (χ1n) is 7.58. The molecule has 0 fully saturated rings. The molecule has 120 valence electrons. The van der Waals surface area contributed by atoms with Crippen molar-refractivity contribution >= 4 is 11.9 Å². The van der Waals surface area contributed by atoms with Crippen LogP contribution in [0.2, 0.25) is 0 Å². The fourth-order valence-electron chi connectivity index (χ4n) is 2.39. The number of nitrogens with one attached hydrogen (secondary N) is 3. The van der Waals surface area contributed by atoms with E-state index in [-0.39, 0.29) is 24.5 Å². The Morgan fingerprint density at radius 2 is 2.18 bits per heavy atom. The standard InChI is InChI=1S/C16H24N4O2/c1-11(2)19-15(21)10-18-16(17-3)20-13-8-9-22-14-7-5-4-6-12(13)14/h4-7,11,13H,8-10H2,1-3H3,(H,19,21)(H2,17,18,20). The lowest BCUT2D eigenvalue weighted by molar-refractivity contribution is -0.120. The summed E-state index contributed by atoms with van der Waals surface area (Å²) < 4.78 is 5.65. The summed E-state index contributed by atoms with van der Waals surface area (Å²) in [5.41, 5.74) is 1.11. The number of carbonyl (C=O) groups is 1. The molecule has 0 saturated heterocycles. The van der Waals surface area contributed by atoms with Crippen molar-refractivity contribution in [1.82, 2.24) is 16.0 Å². The van der Waals surface area contributed by atoms with Gasteiger partial charge >= 0.3 is 0 Å². The molecule has 1 aliphatic heterocycles. The number of carbonyl (C=O) groups excluding carboxylic acids is 1. The van der Waals surface area contributed by atoms with Crippen LogP contribution in [0.4, 0.5) is 0 Å². The highest BCUT2D eigenvalue weighted by molar-refractivity contribution is 5.86. The van der Waals surface area contributed by atoms with Crippen LogP contribution in [0, 0.1) is 0 Å². The third-order valence-corrected chi connectivity index (χ3v) is 3.36. The Labute approximate surface area is 131 Å². The second-order valence-corrected chi connectivity index (χ2v) is 5.52. The Morgan fingerprint density at radius 1 is 1.41 bits per heavy atom. The topological polar surface area (TPSA) is 74.8 Å². The first kappa shape index (κ1) is 16.1. The molecule has 0 spiro atoms. The minimum Gasteiger partial charge on any atom is -0.493 e. The van der Waals surface area contributed by atoms with E-state index in [1.54, 1.807) is 7.05 Å². The van der Waals surface area contributed by atoms with Crippen LogP contribution in [0.15, 0.2) is 29.3 Å². The van der Waals surface area contributed by atoms with Crippen molar-refractivity contribution in [2.45, 2.75) is 32.4 Å². The van der Waals surface area contributed by atoms with E-state index < -0.39 is 0 Å². The highest BCUT2D eigenvalue weighted by Crippen LogP contribution is 2.31. The predicted molar refractivity (Wildman–Crippen MR) is 87.1 cm³/mol. The van der Waals surface area contributed by atoms with Crippen LogP contribution in [-0.2, 0) is 4.79 Å². The van der Waals surface area contributed by atoms with Crippen LogP contribution in [0.3, 0.4) is 0 Å². The van der Waals surface area contributed by atoms with Crippen molar-refractivity contribution in [2.75, 3.05) is 20.2 Å². The van der Waals surface area contributed by atoms with E-state index in [2.05, 4.69) is 20.9 Å². The summed E-state index contributed by atoms with van der Waals surface area (Å²) in [7, 11) is 1.70. The second kappa shape index (κ2) is 7.68. The average Bonchev–Trinajstić information content (AvgIpc) is 2.51. The summed E-state index contributed by atoms with van der Waals surface area (Å²) in [5.74, 6) is 1.46. The first-order valence-corrected chi connectivity index (χ1v) is 7.58. The lowest BCUT2D eigenvalue weighted by Gasteiger charge is -2.28. The number of ether oxygens (including phenoxy) is 1. The van der Waals surface area contributed by atoms with Crippen molar-refractivity contribution in [3.63, 3.8) is 0 Å². The molecular formula is C16H24N4O2. The monoisotopic (exact) mass is 304 g/mol. The van der Waals surface area contributed by atoms with Gasteiger partial charge in [0.25, 0.3) is 0 Å². The minimum absolute atomic E-state index is 0.0506. The smallest absolute Gasteiger partial charge is 0.239 e. The van der Waals surface area contributed by atoms with Gasteiger partial charge in [0.05, 0.1) is 19.2 Å². The molecule has 6 nitrogen and oxygen atoms in total. The lowest BCUT2D eigenvalue weighted by Crippen LogP contribution is -2.46. The molecule has 2 rings (SSSR count). The van der Waals surface area contributed by atoms with E-state index >= 15 is 0 Å². The van der Waals surface area contributed by atoms with E-state index in [9.17, 15) is 4.79 Å². The number of hydrogen-bond acceptors (Lipinski definition) is 3.